The Balaban J connectivity index is 2.51. The number of Topliss-reactive ketones (excluding diaryl/α,β-unsaturated/α-hetero) is 1. The first-order valence-corrected chi connectivity index (χ1v) is 6.68. The number of amides is 1. The highest BCUT2D eigenvalue weighted by Crippen LogP contribution is 2.26. The first-order chi connectivity index (χ1) is 8.20. The average molecular weight is 255 g/mol. The molecule has 4 nitrogen and oxygen atoms in total. The van der Waals surface area contributed by atoms with E-state index < -0.39 is 5.60 Å². The molecule has 0 bridgehead atoms. The summed E-state index contributed by atoms with van der Waals surface area (Å²) in [4.78, 5) is 25.3. The number of ketones is 1. The molecule has 1 fully saturated rings. The number of rotatable bonds is 2. The van der Waals surface area contributed by atoms with E-state index in [4.69, 9.17) is 4.74 Å². The van der Waals surface area contributed by atoms with E-state index in [0.29, 0.717) is 6.54 Å². The summed E-state index contributed by atoms with van der Waals surface area (Å²) in [6, 6.07) is 0. The van der Waals surface area contributed by atoms with Crippen LogP contribution in [0.1, 0.15) is 47.0 Å². The second-order valence-corrected chi connectivity index (χ2v) is 6.29. The van der Waals surface area contributed by atoms with Gasteiger partial charge < -0.3 is 9.64 Å². The Morgan fingerprint density at radius 3 is 2.56 bits per heavy atom. The molecule has 1 aliphatic rings. The summed E-state index contributed by atoms with van der Waals surface area (Å²) in [6.45, 7) is 7.96. The first kappa shape index (κ1) is 15.0. The van der Waals surface area contributed by atoms with Gasteiger partial charge in [-0.3, -0.25) is 4.79 Å². The summed E-state index contributed by atoms with van der Waals surface area (Å²) >= 11 is 0. The fourth-order valence-electron chi connectivity index (χ4n) is 2.28. The summed E-state index contributed by atoms with van der Waals surface area (Å²) in [6.07, 6.45) is 2.58. The van der Waals surface area contributed by atoms with Crippen LogP contribution in [0.5, 0.6) is 0 Å². The van der Waals surface area contributed by atoms with Crippen molar-refractivity contribution >= 4 is 11.9 Å². The molecule has 104 valence electrons. The van der Waals surface area contributed by atoms with Gasteiger partial charge in [0.1, 0.15) is 11.4 Å². The van der Waals surface area contributed by atoms with Gasteiger partial charge in [-0.1, -0.05) is 13.3 Å². The molecule has 4 heteroatoms. The summed E-state index contributed by atoms with van der Waals surface area (Å²) in [5.41, 5.74) is -0.491. The Bertz CT molecular complexity index is 319. The van der Waals surface area contributed by atoms with Gasteiger partial charge in [0.25, 0.3) is 0 Å². The van der Waals surface area contributed by atoms with Gasteiger partial charge >= 0.3 is 6.09 Å². The zero-order valence-corrected chi connectivity index (χ0v) is 12.2. The van der Waals surface area contributed by atoms with Crippen LogP contribution in [0.4, 0.5) is 4.79 Å². The standard InChI is InChI=1S/C14H25NO3/c1-10-7-6-8-11(12(10)16)9-15(5)13(17)18-14(2,3)4/h10-11H,6-9H2,1-5H3. The van der Waals surface area contributed by atoms with Gasteiger partial charge in [0.05, 0.1) is 0 Å². The SMILES string of the molecule is CC1CCCC(CN(C)C(=O)OC(C)(C)C)C1=O. The van der Waals surface area contributed by atoms with Crippen LogP contribution in [0.15, 0.2) is 0 Å². The van der Waals surface area contributed by atoms with Crippen LogP contribution in [0.3, 0.4) is 0 Å². The van der Waals surface area contributed by atoms with Gasteiger partial charge in [0.15, 0.2) is 0 Å². The number of carbonyl (C=O) groups is 2. The molecule has 0 radical (unpaired) electrons. The maximum absolute atomic E-state index is 12.0. The molecule has 1 rings (SSSR count). The molecule has 1 aliphatic carbocycles. The van der Waals surface area contributed by atoms with E-state index in [1.165, 1.54) is 4.90 Å². The zero-order valence-electron chi connectivity index (χ0n) is 12.2. The number of hydrogen-bond acceptors (Lipinski definition) is 3. The van der Waals surface area contributed by atoms with Crippen LogP contribution in [0.2, 0.25) is 0 Å². The molecular weight excluding hydrogens is 230 g/mol. The second-order valence-electron chi connectivity index (χ2n) is 6.29. The zero-order chi connectivity index (χ0) is 13.9. The molecule has 0 aliphatic heterocycles. The normalized spacial score (nSPS) is 24.8. The predicted molar refractivity (Wildman–Crippen MR) is 70.4 cm³/mol. The fourth-order valence-corrected chi connectivity index (χ4v) is 2.28. The first-order valence-electron chi connectivity index (χ1n) is 6.68. The molecule has 0 aromatic rings. The Hall–Kier alpha value is -1.06. The molecule has 2 unspecified atom stereocenters. The van der Waals surface area contributed by atoms with Crippen molar-refractivity contribution < 1.29 is 14.3 Å². The molecule has 18 heavy (non-hydrogen) atoms. The van der Waals surface area contributed by atoms with Gasteiger partial charge in [-0.05, 0) is 33.6 Å². The lowest BCUT2D eigenvalue weighted by Crippen LogP contribution is -2.40. The van der Waals surface area contributed by atoms with E-state index in [0.717, 1.165) is 19.3 Å². The molecule has 0 heterocycles. The van der Waals surface area contributed by atoms with E-state index in [2.05, 4.69) is 0 Å². The lowest BCUT2D eigenvalue weighted by atomic mass is 9.81. The molecule has 1 saturated carbocycles. The Kier molecular flexibility index (Phi) is 4.77. The van der Waals surface area contributed by atoms with Crippen molar-refractivity contribution in [2.75, 3.05) is 13.6 Å². The van der Waals surface area contributed by atoms with E-state index in [1.54, 1.807) is 7.05 Å². The van der Waals surface area contributed by atoms with Crippen molar-refractivity contribution in [3.63, 3.8) is 0 Å². The van der Waals surface area contributed by atoms with Crippen LogP contribution < -0.4 is 0 Å². The molecule has 0 N–H and O–H groups in total. The molecule has 1 amide bonds. The van der Waals surface area contributed by atoms with Gasteiger partial charge in [0, 0.05) is 25.4 Å². The Morgan fingerprint density at radius 1 is 1.39 bits per heavy atom. The molecule has 0 aromatic heterocycles. The third-order valence-corrected chi connectivity index (χ3v) is 3.28. The predicted octanol–water partition coefficient (Wildman–Crippen LogP) is 2.86. The second kappa shape index (κ2) is 5.72. The number of ether oxygens (including phenoxy) is 1. The molecule has 0 aromatic carbocycles. The van der Waals surface area contributed by atoms with Crippen molar-refractivity contribution in [2.24, 2.45) is 11.8 Å². The van der Waals surface area contributed by atoms with E-state index in [1.807, 2.05) is 27.7 Å². The summed E-state index contributed by atoms with van der Waals surface area (Å²) in [5, 5.41) is 0. The maximum atomic E-state index is 12.0. The monoisotopic (exact) mass is 255 g/mol. The van der Waals surface area contributed by atoms with Gasteiger partial charge in [-0.2, -0.15) is 0 Å². The summed E-state index contributed by atoms with van der Waals surface area (Å²) in [7, 11) is 1.70. The van der Waals surface area contributed by atoms with Gasteiger partial charge in [0.2, 0.25) is 0 Å². The van der Waals surface area contributed by atoms with Crippen molar-refractivity contribution in [2.45, 2.75) is 52.6 Å². The smallest absolute Gasteiger partial charge is 0.410 e. The van der Waals surface area contributed by atoms with Crippen LogP contribution in [0, 0.1) is 11.8 Å². The third kappa shape index (κ3) is 4.31. The minimum absolute atomic E-state index is 0.0220. The van der Waals surface area contributed by atoms with Crippen LogP contribution in [-0.4, -0.2) is 36.0 Å². The van der Waals surface area contributed by atoms with Crippen LogP contribution in [-0.2, 0) is 9.53 Å². The average Bonchev–Trinajstić information content (AvgIpc) is 2.22. The van der Waals surface area contributed by atoms with E-state index in [9.17, 15) is 9.59 Å². The molecule has 0 saturated heterocycles. The number of carbonyl (C=O) groups excluding carboxylic acids is 2. The maximum Gasteiger partial charge on any atom is 0.410 e. The highest BCUT2D eigenvalue weighted by Gasteiger charge is 2.30. The van der Waals surface area contributed by atoms with Crippen LogP contribution >= 0.6 is 0 Å². The number of hydrogen-bond donors (Lipinski definition) is 0. The van der Waals surface area contributed by atoms with Gasteiger partial charge in [-0.15, -0.1) is 0 Å². The Morgan fingerprint density at radius 2 is 2.00 bits per heavy atom. The topological polar surface area (TPSA) is 46.6 Å². The molecule has 2 atom stereocenters. The van der Waals surface area contributed by atoms with Crippen molar-refractivity contribution in [3.8, 4) is 0 Å². The largest absolute Gasteiger partial charge is 0.444 e. The fraction of sp³-hybridized carbons (Fsp3) is 0.857. The summed E-state index contributed by atoms with van der Waals surface area (Å²) < 4.78 is 5.28. The van der Waals surface area contributed by atoms with Crippen LogP contribution in [0.25, 0.3) is 0 Å². The van der Waals surface area contributed by atoms with Gasteiger partial charge in [-0.25, -0.2) is 4.79 Å². The molecule has 0 spiro atoms. The Labute approximate surface area is 110 Å². The third-order valence-electron chi connectivity index (χ3n) is 3.28. The van der Waals surface area contributed by atoms with Crippen molar-refractivity contribution in [3.05, 3.63) is 0 Å². The lowest BCUT2D eigenvalue weighted by molar-refractivity contribution is -0.129. The lowest BCUT2D eigenvalue weighted by Gasteiger charge is -2.30. The minimum atomic E-state index is -0.491. The number of nitrogens with zero attached hydrogens (tertiary/aromatic N) is 1. The van der Waals surface area contributed by atoms with Crippen molar-refractivity contribution in [1.82, 2.24) is 4.90 Å². The highest BCUT2D eigenvalue weighted by molar-refractivity contribution is 5.84. The molecular formula is C14H25NO3. The quantitative estimate of drug-likeness (QED) is 0.762. The summed E-state index contributed by atoms with van der Waals surface area (Å²) in [5.74, 6) is 0.402. The minimum Gasteiger partial charge on any atom is -0.444 e. The van der Waals surface area contributed by atoms with Crippen molar-refractivity contribution in [1.29, 1.82) is 0 Å². The van der Waals surface area contributed by atoms with E-state index in [-0.39, 0.29) is 23.7 Å². The highest BCUT2D eigenvalue weighted by atomic mass is 16.6. The van der Waals surface area contributed by atoms with E-state index >= 15 is 0 Å².